The van der Waals surface area contributed by atoms with Gasteiger partial charge in [0.15, 0.2) is 10.2 Å². The molecule has 0 aromatic heterocycles. The molecule has 24 heavy (non-hydrogen) atoms. The summed E-state index contributed by atoms with van der Waals surface area (Å²) in [6.07, 6.45) is 0. The molecule has 0 spiro atoms. The Morgan fingerprint density at radius 1 is 0.792 bits per heavy atom. The zero-order valence-corrected chi connectivity index (χ0v) is 15.6. The molecule has 0 aliphatic rings. The minimum absolute atomic E-state index is 0.0594. The molecule has 0 bridgehead atoms. The summed E-state index contributed by atoms with van der Waals surface area (Å²) in [5.74, 6) is -1.49. The monoisotopic (exact) mass is 406 g/mol. The molecule has 2 aromatic rings. The lowest BCUT2D eigenvalue weighted by atomic mass is 10.0. The van der Waals surface area contributed by atoms with Gasteiger partial charge in [-0.3, -0.25) is 9.59 Å². The Morgan fingerprint density at radius 3 is 1.42 bits per heavy atom. The van der Waals surface area contributed by atoms with E-state index in [0.29, 0.717) is 9.79 Å². The fourth-order valence-corrected chi connectivity index (χ4v) is 3.76. The van der Waals surface area contributed by atoms with Gasteiger partial charge in [0.2, 0.25) is 0 Å². The van der Waals surface area contributed by atoms with E-state index in [1.807, 2.05) is 0 Å². The van der Waals surface area contributed by atoms with Crippen LogP contribution in [0.4, 0.5) is 8.78 Å². The summed E-state index contributed by atoms with van der Waals surface area (Å²) >= 11 is 13.5. The molecular formula is C16H10Cl2F2O2S2. The number of carbonyl (C=O) groups excluding carboxylic acids is 2. The highest BCUT2D eigenvalue weighted by Gasteiger charge is 2.18. The van der Waals surface area contributed by atoms with Crippen molar-refractivity contribution in [2.45, 2.75) is 23.6 Å². The maximum Gasteiger partial charge on any atom is 0.190 e. The Kier molecular flexibility index (Phi) is 6.31. The van der Waals surface area contributed by atoms with Crippen molar-refractivity contribution >= 4 is 57.0 Å². The Bertz CT molecular complexity index is 772. The molecule has 2 rings (SSSR count). The second-order valence-electron chi connectivity index (χ2n) is 4.71. The first-order valence-corrected chi connectivity index (χ1v) is 8.93. The van der Waals surface area contributed by atoms with Gasteiger partial charge in [-0.25, -0.2) is 8.78 Å². The van der Waals surface area contributed by atoms with Gasteiger partial charge in [-0.1, -0.05) is 46.7 Å². The summed E-state index contributed by atoms with van der Waals surface area (Å²) in [4.78, 5) is 23.2. The van der Waals surface area contributed by atoms with Crippen molar-refractivity contribution < 1.29 is 18.4 Å². The fourth-order valence-electron chi connectivity index (χ4n) is 1.94. The first kappa shape index (κ1) is 19.2. The van der Waals surface area contributed by atoms with Crippen LogP contribution in [0.25, 0.3) is 11.1 Å². The number of rotatable bonds is 3. The predicted molar refractivity (Wildman–Crippen MR) is 94.9 cm³/mol. The average molecular weight is 407 g/mol. The summed E-state index contributed by atoms with van der Waals surface area (Å²) in [6, 6.07) is 4.65. The average Bonchev–Trinajstić information content (AvgIpc) is 2.44. The summed E-state index contributed by atoms with van der Waals surface area (Å²) in [5, 5.41) is -0.356. The predicted octanol–water partition coefficient (Wildman–Crippen LogP) is 6.22. The Hall–Kier alpha value is -1.08. The molecule has 0 atom stereocenters. The third kappa shape index (κ3) is 4.51. The second-order valence-corrected chi connectivity index (χ2v) is 7.96. The molecule has 126 valence electrons. The topological polar surface area (TPSA) is 34.1 Å². The largest absolute Gasteiger partial charge is 0.287 e. The van der Waals surface area contributed by atoms with Crippen molar-refractivity contribution in [3.05, 3.63) is 45.9 Å². The van der Waals surface area contributed by atoms with Crippen molar-refractivity contribution in [2.24, 2.45) is 0 Å². The molecule has 2 nitrogen and oxygen atoms in total. The molecule has 0 N–H and O–H groups in total. The summed E-state index contributed by atoms with van der Waals surface area (Å²) < 4.78 is 28.6. The van der Waals surface area contributed by atoms with Crippen molar-refractivity contribution in [3.63, 3.8) is 0 Å². The smallest absolute Gasteiger partial charge is 0.190 e. The van der Waals surface area contributed by atoms with Crippen molar-refractivity contribution in [2.75, 3.05) is 0 Å². The van der Waals surface area contributed by atoms with Gasteiger partial charge in [0.1, 0.15) is 11.6 Å². The normalized spacial score (nSPS) is 10.8. The van der Waals surface area contributed by atoms with E-state index in [1.165, 1.54) is 26.0 Å². The molecule has 8 heteroatoms. The van der Waals surface area contributed by atoms with Crippen LogP contribution in [0.15, 0.2) is 34.1 Å². The minimum Gasteiger partial charge on any atom is -0.287 e. The van der Waals surface area contributed by atoms with E-state index in [4.69, 9.17) is 23.2 Å². The lowest BCUT2D eigenvalue weighted by Crippen LogP contribution is -1.94. The first-order valence-electron chi connectivity index (χ1n) is 6.54. The molecule has 0 heterocycles. The van der Waals surface area contributed by atoms with Crippen LogP contribution in [0.5, 0.6) is 0 Å². The second kappa shape index (κ2) is 7.87. The van der Waals surface area contributed by atoms with E-state index in [0.717, 1.165) is 35.7 Å². The lowest BCUT2D eigenvalue weighted by molar-refractivity contribution is -0.109. The number of thioether (sulfide) groups is 2. The Morgan fingerprint density at radius 2 is 1.12 bits per heavy atom. The Labute approximate surface area is 155 Å². The maximum absolute atomic E-state index is 14.3. The summed E-state index contributed by atoms with van der Waals surface area (Å²) in [7, 11) is 0. The quantitative estimate of drug-likeness (QED) is 0.566. The number of hydrogen-bond donors (Lipinski definition) is 0. The van der Waals surface area contributed by atoms with Gasteiger partial charge in [0.25, 0.3) is 0 Å². The number of hydrogen-bond acceptors (Lipinski definition) is 4. The van der Waals surface area contributed by atoms with E-state index < -0.39 is 11.6 Å². The van der Waals surface area contributed by atoms with Crippen LogP contribution in [0, 0.1) is 11.6 Å². The maximum atomic E-state index is 14.3. The van der Waals surface area contributed by atoms with Crippen molar-refractivity contribution in [1.29, 1.82) is 0 Å². The fraction of sp³-hybridized carbons (Fsp3) is 0.125. The van der Waals surface area contributed by atoms with Crippen LogP contribution in [0.3, 0.4) is 0 Å². The van der Waals surface area contributed by atoms with Gasteiger partial charge >= 0.3 is 0 Å². The van der Waals surface area contributed by atoms with Gasteiger partial charge in [0.05, 0.1) is 10.0 Å². The molecule has 0 amide bonds. The first-order chi connectivity index (χ1) is 11.2. The van der Waals surface area contributed by atoms with Crippen LogP contribution < -0.4 is 0 Å². The molecule has 0 aliphatic carbocycles. The molecule has 0 fully saturated rings. The molecule has 0 radical (unpaired) electrons. The Balaban J connectivity index is 2.62. The van der Waals surface area contributed by atoms with Gasteiger partial charge in [0, 0.05) is 34.8 Å². The van der Waals surface area contributed by atoms with E-state index in [1.54, 1.807) is 0 Å². The number of benzene rings is 2. The zero-order valence-electron chi connectivity index (χ0n) is 12.5. The molecule has 0 saturated carbocycles. The van der Waals surface area contributed by atoms with Crippen LogP contribution in [-0.2, 0) is 9.59 Å². The third-order valence-electron chi connectivity index (χ3n) is 2.84. The number of halogens is 4. The summed E-state index contributed by atoms with van der Waals surface area (Å²) in [5.41, 5.74) is -0.134. The lowest BCUT2D eigenvalue weighted by Gasteiger charge is -2.11. The molecule has 2 aromatic carbocycles. The SMILES string of the molecule is CC(=O)Sc1cc(-c2cc(SC(C)=O)c(Cl)cc2F)c(F)cc1Cl. The van der Waals surface area contributed by atoms with Crippen LogP contribution in [0.1, 0.15) is 13.8 Å². The highest BCUT2D eigenvalue weighted by Crippen LogP contribution is 2.39. The van der Waals surface area contributed by atoms with Crippen molar-refractivity contribution in [1.82, 2.24) is 0 Å². The molecule has 0 saturated heterocycles. The standard InChI is InChI=1S/C16H10Cl2F2O2S2/c1-7(21)23-15-3-9(13(19)5-11(15)17)10-4-16(24-8(2)22)12(18)6-14(10)20/h3-6H,1-2H3. The highest BCUT2D eigenvalue weighted by molar-refractivity contribution is 8.14. The zero-order chi connectivity index (χ0) is 18.0. The molecular weight excluding hydrogens is 397 g/mol. The minimum atomic E-state index is -0.743. The van der Waals surface area contributed by atoms with E-state index >= 15 is 0 Å². The van der Waals surface area contributed by atoms with Crippen LogP contribution in [0.2, 0.25) is 10.0 Å². The highest BCUT2D eigenvalue weighted by atomic mass is 35.5. The van der Waals surface area contributed by atoms with Crippen LogP contribution >= 0.6 is 46.7 Å². The molecule has 0 aliphatic heterocycles. The van der Waals surface area contributed by atoms with Gasteiger partial charge in [-0.2, -0.15) is 0 Å². The van der Waals surface area contributed by atoms with Gasteiger partial charge in [-0.15, -0.1) is 0 Å². The third-order valence-corrected chi connectivity index (χ3v) is 5.38. The van der Waals surface area contributed by atoms with E-state index in [9.17, 15) is 18.4 Å². The van der Waals surface area contributed by atoms with Crippen LogP contribution in [-0.4, -0.2) is 10.2 Å². The van der Waals surface area contributed by atoms with E-state index in [2.05, 4.69) is 0 Å². The van der Waals surface area contributed by atoms with Gasteiger partial charge in [-0.05, 0) is 24.3 Å². The molecule has 0 unspecified atom stereocenters. The van der Waals surface area contributed by atoms with Crippen molar-refractivity contribution in [3.8, 4) is 11.1 Å². The number of carbonyl (C=O) groups is 2. The van der Waals surface area contributed by atoms with E-state index in [-0.39, 0.29) is 31.4 Å². The van der Waals surface area contributed by atoms with Gasteiger partial charge < -0.3 is 0 Å². The summed E-state index contributed by atoms with van der Waals surface area (Å²) in [6.45, 7) is 2.68.